The lowest BCUT2D eigenvalue weighted by molar-refractivity contribution is 0.126. The van der Waals surface area contributed by atoms with Gasteiger partial charge in [0.25, 0.3) is 0 Å². The number of anilines is 1. The van der Waals surface area contributed by atoms with Crippen molar-refractivity contribution >= 4 is 5.82 Å². The van der Waals surface area contributed by atoms with Crippen molar-refractivity contribution in [1.29, 1.82) is 0 Å². The van der Waals surface area contributed by atoms with Gasteiger partial charge in [-0.05, 0) is 50.7 Å². The van der Waals surface area contributed by atoms with Crippen LogP contribution >= 0.6 is 0 Å². The molecule has 2 saturated carbocycles. The van der Waals surface area contributed by atoms with E-state index in [0.717, 1.165) is 37.2 Å². The quantitative estimate of drug-likeness (QED) is 0.861. The van der Waals surface area contributed by atoms with Crippen LogP contribution in [-0.4, -0.2) is 27.4 Å². The van der Waals surface area contributed by atoms with E-state index in [4.69, 9.17) is 0 Å². The number of aromatic nitrogens is 2. The van der Waals surface area contributed by atoms with E-state index in [9.17, 15) is 5.11 Å². The molecule has 2 aliphatic carbocycles. The Morgan fingerprint density at radius 1 is 1.00 bits per heavy atom. The molecule has 0 aromatic carbocycles. The van der Waals surface area contributed by atoms with Crippen molar-refractivity contribution in [1.82, 2.24) is 10.2 Å². The Labute approximate surface area is 108 Å². The lowest BCUT2D eigenvalue weighted by Gasteiger charge is -2.27. The third kappa shape index (κ3) is 2.64. The molecule has 2 N–H and O–H groups in total. The zero-order valence-corrected chi connectivity index (χ0v) is 10.7. The predicted octanol–water partition coefficient (Wildman–Crippen LogP) is 2.46. The van der Waals surface area contributed by atoms with Crippen molar-refractivity contribution in [2.45, 2.75) is 63.0 Å². The smallest absolute Gasteiger partial charge is 0.148 e. The molecule has 98 valence electrons. The van der Waals surface area contributed by atoms with Crippen LogP contribution in [0.15, 0.2) is 12.1 Å². The molecule has 2 aliphatic rings. The molecule has 1 aromatic rings. The summed E-state index contributed by atoms with van der Waals surface area (Å²) in [5.41, 5.74) is 1.14. The molecule has 0 aliphatic heterocycles. The van der Waals surface area contributed by atoms with Gasteiger partial charge in [0, 0.05) is 12.0 Å². The van der Waals surface area contributed by atoms with Gasteiger partial charge in [-0.15, -0.1) is 5.10 Å². The largest absolute Gasteiger partial charge is 0.393 e. The molecule has 0 spiro atoms. The first-order valence-corrected chi connectivity index (χ1v) is 7.09. The fourth-order valence-corrected chi connectivity index (χ4v) is 2.77. The molecule has 0 saturated heterocycles. The zero-order valence-electron chi connectivity index (χ0n) is 10.7. The SMILES string of the molecule is OC1CCC(Nc2ccc(C3CCC3)nn2)CC1. The van der Waals surface area contributed by atoms with Gasteiger partial charge in [0.05, 0.1) is 11.8 Å². The third-order valence-electron chi connectivity index (χ3n) is 4.26. The van der Waals surface area contributed by atoms with E-state index in [0.29, 0.717) is 12.0 Å². The van der Waals surface area contributed by atoms with Crippen molar-refractivity contribution in [2.24, 2.45) is 0 Å². The van der Waals surface area contributed by atoms with Crippen molar-refractivity contribution < 1.29 is 5.11 Å². The third-order valence-corrected chi connectivity index (χ3v) is 4.26. The van der Waals surface area contributed by atoms with Crippen LogP contribution in [0.25, 0.3) is 0 Å². The summed E-state index contributed by atoms with van der Waals surface area (Å²) in [5, 5.41) is 21.5. The first-order chi connectivity index (χ1) is 8.81. The predicted molar refractivity (Wildman–Crippen MR) is 70.5 cm³/mol. The molecule has 2 fully saturated rings. The van der Waals surface area contributed by atoms with E-state index in [1.807, 2.05) is 6.07 Å². The van der Waals surface area contributed by atoms with E-state index in [1.165, 1.54) is 19.3 Å². The molecule has 0 radical (unpaired) electrons. The number of nitrogens with zero attached hydrogens (tertiary/aromatic N) is 2. The second kappa shape index (κ2) is 5.22. The monoisotopic (exact) mass is 247 g/mol. The van der Waals surface area contributed by atoms with Gasteiger partial charge >= 0.3 is 0 Å². The minimum absolute atomic E-state index is 0.102. The molecule has 0 bridgehead atoms. The van der Waals surface area contributed by atoms with Gasteiger partial charge < -0.3 is 10.4 Å². The Balaban J connectivity index is 1.56. The molecule has 4 heteroatoms. The van der Waals surface area contributed by atoms with Crippen molar-refractivity contribution in [3.05, 3.63) is 17.8 Å². The summed E-state index contributed by atoms with van der Waals surface area (Å²) in [6, 6.07) is 4.60. The van der Waals surface area contributed by atoms with E-state index in [-0.39, 0.29) is 6.10 Å². The molecular weight excluding hydrogens is 226 g/mol. The molecule has 0 amide bonds. The second-order valence-electron chi connectivity index (χ2n) is 5.62. The first-order valence-electron chi connectivity index (χ1n) is 7.09. The Kier molecular flexibility index (Phi) is 3.46. The van der Waals surface area contributed by atoms with Crippen LogP contribution in [0, 0.1) is 0 Å². The number of rotatable bonds is 3. The van der Waals surface area contributed by atoms with E-state index < -0.39 is 0 Å². The Morgan fingerprint density at radius 2 is 1.78 bits per heavy atom. The number of hydrogen-bond donors (Lipinski definition) is 2. The number of aliphatic hydroxyl groups is 1. The summed E-state index contributed by atoms with van der Waals surface area (Å²) in [5.74, 6) is 1.52. The van der Waals surface area contributed by atoms with Crippen LogP contribution in [0.2, 0.25) is 0 Å². The maximum atomic E-state index is 9.47. The molecule has 0 unspecified atom stereocenters. The molecule has 18 heavy (non-hydrogen) atoms. The van der Waals surface area contributed by atoms with Gasteiger partial charge in [-0.1, -0.05) is 6.42 Å². The molecule has 0 atom stereocenters. The normalized spacial score (nSPS) is 28.7. The highest BCUT2D eigenvalue weighted by Crippen LogP contribution is 2.35. The highest BCUT2D eigenvalue weighted by Gasteiger charge is 2.22. The van der Waals surface area contributed by atoms with Crippen LogP contribution in [0.4, 0.5) is 5.82 Å². The fraction of sp³-hybridized carbons (Fsp3) is 0.714. The molecular formula is C14H21N3O. The summed E-state index contributed by atoms with van der Waals surface area (Å²) in [6.45, 7) is 0. The summed E-state index contributed by atoms with van der Waals surface area (Å²) in [6.07, 6.45) is 7.59. The van der Waals surface area contributed by atoms with Crippen LogP contribution in [-0.2, 0) is 0 Å². The summed E-state index contributed by atoms with van der Waals surface area (Å²) < 4.78 is 0. The summed E-state index contributed by atoms with van der Waals surface area (Å²) in [4.78, 5) is 0. The number of nitrogens with one attached hydrogen (secondary N) is 1. The summed E-state index contributed by atoms with van der Waals surface area (Å²) in [7, 11) is 0. The zero-order chi connectivity index (χ0) is 12.4. The highest BCUT2D eigenvalue weighted by atomic mass is 16.3. The lowest BCUT2D eigenvalue weighted by Crippen LogP contribution is -2.28. The van der Waals surface area contributed by atoms with Gasteiger partial charge in [-0.3, -0.25) is 0 Å². The Bertz CT molecular complexity index is 381. The summed E-state index contributed by atoms with van der Waals surface area (Å²) >= 11 is 0. The van der Waals surface area contributed by atoms with Crippen molar-refractivity contribution in [3.63, 3.8) is 0 Å². The lowest BCUT2D eigenvalue weighted by atomic mass is 9.83. The highest BCUT2D eigenvalue weighted by molar-refractivity contribution is 5.35. The first kappa shape index (κ1) is 11.9. The fourth-order valence-electron chi connectivity index (χ4n) is 2.77. The molecule has 3 rings (SSSR count). The van der Waals surface area contributed by atoms with Gasteiger partial charge in [0.15, 0.2) is 0 Å². The molecule has 4 nitrogen and oxygen atoms in total. The van der Waals surface area contributed by atoms with Crippen molar-refractivity contribution in [2.75, 3.05) is 5.32 Å². The van der Waals surface area contributed by atoms with Crippen LogP contribution in [0.3, 0.4) is 0 Å². The van der Waals surface area contributed by atoms with Crippen LogP contribution < -0.4 is 5.32 Å². The average molecular weight is 247 g/mol. The van der Waals surface area contributed by atoms with Gasteiger partial charge in [-0.25, -0.2) is 0 Å². The van der Waals surface area contributed by atoms with Crippen LogP contribution in [0.1, 0.15) is 56.6 Å². The standard InChI is InChI=1S/C14H21N3O/c18-12-6-4-11(5-7-12)15-14-9-8-13(16-17-14)10-2-1-3-10/h8-12,18H,1-7H2,(H,15,17). The Morgan fingerprint density at radius 3 is 2.33 bits per heavy atom. The van der Waals surface area contributed by atoms with Gasteiger partial charge in [0.2, 0.25) is 0 Å². The van der Waals surface area contributed by atoms with E-state index in [1.54, 1.807) is 0 Å². The number of hydrogen-bond acceptors (Lipinski definition) is 4. The second-order valence-corrected chi connectivity index (χ2v) is 5.62. The Hall–Kier alpha value is -1.16. The average Bonchev–Trinajstić information content (AvgIpc) is 2.32. The van der Waals surface area contributed by atoms with Gasteiger partial charge in [-0.2, -0.15) is 5.10 Å². The maximum absolute atomic E-state index is 9.47. The topological polar surface area (TPSA) is 58.0 Å². The van der Waals surface area contributed by atoms with E-state index in [2.05, 4.69) is 21.6 Å². The van der Waals surface area contributed by atoms with Crippen LogP contribution in [0.5, 0.6) is 0 Å². The van der Waals surface area contributed by atoms with E-state index >= 15 is 0 Å². The molecule has 1 heterocycles. The van der Waals surface area contributed by atoms with Gasteiger partial charge in [0.1, 0.15) is 5.82 Å². The van der Waals surface area contributed by atoms with Crippen molar-refractivity contribution in [3.8, 4) is 0 Å². The maximum Gasteiger partial charge on any atom is 0.148 e. The minimum atomic E-state index is -0.102. The number of aliphatic hydroxyl groups excluding tert-OH is 1. The molecule has 1 aromatic heterocycles. The minimum Gasteiger partial charge on any atom is -0.393 e.